The molecule has 2 aromatic rings. The van der Waals surface area contributed by atoms with Crippen molar-refractivity contribution in [3.63, 3.8) is 0 Å². The minimum absolute atomic E-state index is 0.923. The summed E-state index contributed by atoms with van der Waals surface area (Å²) < 4.78 is 1.25. The zero-order valence-corrected chi connectivity index (χ0v) is 7.13. The second-order valence-corrected chi connectivity index (χ2v) is 4.12. The minimum atomic E-state index is 0.923. The Hall–Kier alpha value is -0.480. The Bertz CT molecular complexity index is 307. The van der Waals surface area contributed by atoms with Crippen LogP contribution in [0.25, 0.3) is 9.66 Å². The van der Waals surface area contributed by atoms with Crippen LogP contribution in [0.15, 0.2) is 5.51 Å². The predicted molar refractivity (Wildman–Crippen MR) is 44.7 cm³/mol. The zero-order valence-electron chi connectivity index (χ0n) is 5.50. The Morgan fingerprint density at radius 2 is 2.50 bits per heavy atom. The van der Waals surface area contributed by atoms with Crippen LogP contribution in [0.4, 0.5) is 0 Å². The van der Waals surface area contributed by atoms with Gasteiger partial charge in [-0.1, -0.05) is 6.92 Å². The lowest BCUT2D eigenvalue weighted by molar-refractivity contribution is 1.10. The van der Waals surface area contributed by atoms with Gasteiger partial charge in [-0.15, -0.1) is 22.7 Å². The Morgan fingerprint density at radius 1 is 1.60 bits per heavy atom. The quantitative estimate of drug-likeness (QED) is 0.656. The molecule has 0 unspecified atom stereocenters. The molecule has 52 valence electrons. The highest BCUT2D eigenvalue weighted by atomic mass is 32.2. The molecule has 0 saturated carbocycles. The van der Waals surface area contributed by atoms with E-state index in [0.717, 1.165) is 12.1 Å². The van der Waals surface area contributed by atoms with Gasteiger partial charge in [-0.05, 0) is 6.42 Å². The molecule has 0 fully saturated rings. The number of hydrogen-bond donors (Lipinski definition) is 0. The van der Waals surface area contributed by atoms with Crippen LogP contribution in [-0.2, 0) is 6.42 Å². The third kappa shape index (κ3) is 0.839. The van der Waals surface area contributed by atoms with Gasteiger partial charge in [0.2, 0.25) is 0 Å². The lowest BCUT2D eigenvalue weighted by Crippen LogP contribution is -1.74. The van der Waals surface area contributed by atoms with E-state index >= 15 is 0 Å². The first-order valence-electron chi connectivity index (χ1n) is 3.09. The standard InChI is InChI=1S/C6H6N2S2/c1-2-4-8-5-6(10-4)9-3-7-5/h3H,2H2,1H3. The third-order valence-corrected chi connectivity index (χ3v) is 3.39. The second kappa shape index (κ2) is 2.29. The molecule has 0 saturated heterocycles. The Balaban J connectivity index is 2.67. The number of fused-ring (bicyclic) bond motifs is 1. The Labute approximate surface area is 66.6 Å². The van der Waals surface area contributed by atoms with Crippen molar-refractivity contribution in [2.75, 3.05) is 0 Å². The van der Waals surface area contributed by atoms with E-state index in [0.29, 0.717) is 0 Å². The van der Waals surface area contributed by atoms with Gasteiger partial charge < -0.3 is 0 Å². The summed E-state index contributed by atoms with van der Waals surface area (Å²) in [6, 6.07) is 0. The van der Waals surface area contributed by atoms with Crippen molar-refractivity contribution >= 4 is 32.3 Å². The van der Waals surface area contributed by atoms with Crippen molar-refractivity contribution in [2.45, 2.75) is 13.3 Å². The molecule has 0 aliphatic heterocycles. The molecule has 0 aromatic carbocycles. The first kappa shape index (κ1) is 6.24. The number of aryl methyl sites for hydroxylation is 1. The lowest BCUT2D eigenvalue weighted by Gasteiger charge is -1.78. The molecule has 0 spiro atoms. The minimum Gasteiger partial charge on any atom is -0.224 e. The van der Waals surface area contributed by atoms with E-state index in [-0.39, 0.29) is 0 Å². The number of rotatable bonds is 1. The molecule has 4 heteroatoms. The van der Waals surface area contributed by atoms with E-state index in [1.807, 2.05) is 5.51 Å². The largest absolute Gasteiger partial charge is 0.224 e. The van der Waals surface area contributed by atoms with Crippen molar-refractivity contribution in [3.8, 4) is 0 Å². The van der Waals surface area contributed by atoms with Crippen molar-refractivity contribution in [1.82, 2.24) is 9.97 Å². The summed E-state index contributed by atoms with van der Waals surface area (Å²) in [5.74, 6) is 0. The molecule has 10 heavy (non-hydrogen) atoms. The molecule has 2 heterocycles. The van der Waals surface area contributed by atoms with E-state index in [9.17, 15) is 0 Å². The molecule has 0 aliphatic carbocycles. The lowest BCUT2D eigenvalue weighted by atomic mass is 10.5. The van der Waals surface area contributed by atoms with Crippen LogP contribution in [0.2, 0.25) is 0 Å². The predicted octanol–water partition coefficient (Wildman–Crippen LogP) is 2.32. The van der Waals surface area contributed by atoms with Gasteiger partial charge in [-0.3, -0.25) is 0 Å². The van der Waals surface area contributed by atoms with Gasteiger partial charge in [-0.25, -0.2) is 9.97 Å². The van der Waals surface area contributed by atoms with Gasteiger partial charge >= 0.3 is 0 Å². The van der Waals surface area contributed by atoms with Crippen LogP contribution >= 0.6 is 22.7 Å². The monoisotopic (exact) mass is 170 g/mol. The van der Waals surface area contributed by atoms with Gasteiger partial charge in [0.05, 0.1) is 10.5 Å². The first-order valence-corrected chi connectivity index (χ1v) is 4.78. The van der Waals surface area contributed by atoms with Crippen molar-refractivity contribution in [3.05, 3.63) is 10.5 Å². The Morgan fingerprint density at radius 3 is 3.20 bits per heavy atom. The third-order valence-electron chi connectivity index (χ3n) is 1.26. The average molecular weight is 170 g/mol. The number of aromatic nitrogens is 2. The Kier molecular flexibility index (Phi) is 1.43. The SMILES string of the molecule is CCc1nc2ncsc2s1. The van der Waals surface area contributed by atoms with Crippen LogP contribution in [0.3, 0.4) is 0 Å². The fraction of sp³-hybridized carbons (Fsp3) is 0.333. The molecular weight excluding hydrogens is 164 g/mol. The average Bonchev–Trinajstić information content (AvgIpc) is 2.42. The topological polar surface area (TPSA) is 25.8 Å². The van der Waals surface area contributed by atoms with Crippen molar-refractivity contribution in [1.29, 1.82) is 0 Å². The van der Waals surface area contributed by atoms with Crippen LogP contribution in [0.5, 0.6) is 0 Å². The fourth-order valence-electron chi connectivity index (χ4n) is 0.773. The van der Waals surface area contributed by atoms with Crippen LogP contribution < -0.4 is 0 Å². The summed E-state index contributed by atoms with van der Waals surface area (Å²) in [5, 5.41) is 1.19. The normalized spacial score (nSPS) is 10.9. The van der Waals surface area contributed by atoms with Gasteiger partial charge in [0.25, 0.3) is 0 Å². The maximum Gasteiger partial charge on any atom is 0.181 e. The molecule has 2 nitrogen and oxygen atoms in total. The van der Waals surface area contributed by atoms with Crippen LogP contribution in [0.1, 0.15) is 11.9 Å². The number of nitrogens with zero attached hydrogens (tertiary/aromatic N) is 2. The molecule has 0 amide bonds. The number of thiazole rings is 2. The molecule has 0 radical (unpaired) electrons. The van der Waals surface area contributed by atoms with E-state index in [1.54, 1.807) is 22.7 Å². The van der Waals surface area contributed by atoms with Crippen LogP contribution in [-0.4, -0.2) is 9.97 Å². The van der Waals surface area contributed by atoms with E-state index in [4.69, 9.17) is 0 Å². The highest BCUT2D eigenvalue weighted by Crippen LogP contribution is 2.24. The maximum absolute atomic E-state index is 4.31. The summed E-state index contributed by atoms with van der Waals surface area (Å²) in [6.45, 7) is 2.11. The maximum atomic E-state index is 4.31. The fourth-order valence-corrected chi connectivity index (χ4v) is 2.52. The summed E-state index contributed by atoms with van der Waals surface area (Å²) in [6.07, 6.45) is 1.02. The van der Waals surface area contributed by atoms with E-state index in [2.05, 4.69) is 16.9 Å². The van der Waals surface area contributed by atoms with Gasteiger partial charge in [0.1, 0.15) is 4.01 Å². The zero-order chi connectivity index (χ0) is 6.97. The number of hydrogen-bond acceptors (Lipinski definition) is 4. The van der Waals surface area contributed by atoms with Crippen molar-refractivity contribution < 1.29 is 0 Å². The van der Waals surface area contributed by atoms with Crippen molar-refractivity contribution in [2.24, 2.45) is 0 Å². The molecule has 0 aliphatic rings. The second-order valence-electron chi connectivity index (χ2n) is 1.92. The summed E-state index contributed by atoms with van der Waals surface area (Å²) >= 11 is 3.42. The van der Waals surface area contributed by atoms with Crippen LogP contribution in [0, 0.1) is 0 Å². The highest BCUT2D eigenvalue weighted by molar-refractivity contribution is 7.37. The van der Waals surface area contributed by atoms with Gasteiger partial charge in [-0.2, -0.15) is 0 Å². The van der Waals surface area contributed by atoms with Gasteiger partial charge in [0.15, 0.2) is 5.65 Å². The summed E-state index contributed by atoms with van der Waals surface area (Å²) in [7, 11) is 0. The molecular formula is C6H6N2S2. The first-order chi connectivity index (χ1) is 4.90. The summed E-state index contributed by atoms with van der Waals surface area (Å²) in [5.41, 5.74) is 2.76. The molecule has 2 rings (SSSR count). The molecule has 0 bridgehead atoms. The molecule has 2 aromatic heterocycles. The van der Waals surface area contributed by atoms with E-state index < -0.39 is 0 Å². The molecule has 0 atom stereocenters. The molecule has 0 N–H and O–H groups in total. The highest BCUT2D eigenvalue weighted by Gasteiger charge is 2.02. The van der Waals surface area contributed by atoms with E-state index in [1.165, 1.54) is 9.02 Å². The summed E-state index contributed by atoms with van der Waals surface area (Å²) in [4.78, 5) is 8.41. The van der Waals surface area contributed by atoms with Gasteiger partial charge in [0, 0.05) is 0 Å². The smallest absolute Gasteiger partial charge is 0.181 e.